The number of hydrogen-bond acceptors (Lipinski definition) is 1. The van der Waals surface area contributed by atoms with Gasteiger partial charge in [0.1, 0.15) is 0 Å². The second-order valence-corrected chi connectivity index (χ2v) is 3.92. The van der Waals surface area contributed by atoms with Gasteiger partial charge >= 0.3 is 0 Å². The molecule has 0 aromatic carbocycles. The average molecular weight is 153 g/mol. The van der Waals surface area contributed by atoms with E-state index in [0.29, 0.717) is 0 Å². The highest BCUT2D eigenvalue weighted by Gasteiger charge is 2.20. The molecule has 1 heteroatoms. The molecule has 0 saturated heterocycles. The Bertz CT molecular complexity index is 136. The molecule has 0 radical (unpaired) electrons. The van der Waals surface area contributed by atoms with Crippen LogP contribution in [0.25, 0.3) is 0 Å². The van der Waals surface area contributed by atoms with Crippen LogP contribution in [0.3, 0.4) is 0 Å². The Labute approximate surface area is 70.6 Å². The van der Waals surface area contributed by atoms with E-state index in [1.165, 1.54) is 0 Å². The number of hydrogen-bond donors (Lipinski definition) is 1. The molecule has 0 heterocycles. The van der Waals surface area contributed by atoms with Crippen LogP contribution in [-0.4, -0.2) is 12.6 Å². The van der Waals surface area contributed by atoms with Crippen molar-refractivity contribution in [3.8, 4) is 12.3 Å². The second kappa shape index (κ2) is 4.41. The van der Waals surface area contributed by atoms with E-state index in [1.54, 1.807) is 0 Å². The first kappa shape index (κ1) is 10.5. The SMILES string of the molecule is C#CC(NCCC)C(C)(C)C. The summed E-state index contributed by atoms with van der Waals surface area (Å²) < 4.78 is 0. The molecule has 0 amide bonds. The van der Waals surface area contributed by atoms with Gasteiger partial charge in [-0.25, -0.2) is 0 Å². The number of nitrogens with one attached hydrogen (secondary N) is 1. The van der Waals surface area contributed by atoms with Crippen LogP contribution in [0.1, 0.15) is 34.1 Å². The Morgan fingerprint density at radius 2 is 2.00 bits per heavy atom. The topological polar surface area (TPSA) is 12.0 Å². The van der Waals surface area contributed by atoms with Crippen LogP contribution in [0.4, 0.5) is 0 Å². The summed E-state index contributed by atoms with van der Waals surface area (Å²) in [6.45, 7) is 9.61. The standard InChI is InChI=1S/C10H19N/c1-6-8-11-9(7-2)10(3,4)5/h2,9,11H,6,8H2,1,3-5H3. The molecule has 0 rings (SSSR count). The predicted octanol–water partition coefficient (Wildman–Crippen LogP) is 2.03. The molecule has 1 N–H and O–H groups in total. The summed E-state index contributed by atoms with van der Waals surface area (Å²) in [7, 11) is 0. The zero-order valence-corrected chi connectivity index (χ0v) is 8.07. The highest BCUT2D eigenvalue weighted by atomic mass is 14.9. The summed E-state index contributed by atoms with van der Waals surface area (Å²) in [5, 5.41) is 3.32. The third-order valence-electron chi connectivity index (χ3n) is 1.63. The van der Waals surface area contributed by atoms with Crippen molar-refractivity contribution >= 4 is 0 Å². The lowest BCUT2D eigenvalue weighted by molar-refractivity contribution is 0.323. The summed E-state index contributed by atoms with van der Waals surface area (Å²) in [5.41, 5.74) is 0.171. The van der Waals surface area contributed by atoms with E-state index in [-0.39, 0.29) is 11.5 Å². The van der Waals surface area contributed by atoms with Crippen molar-refractivity contribution in [3.63, 3.8) is 0 Å². The van der Waals surface area contributed by atoms with Gasteiger partial charge < -0.3 is 5.32 Å². The van der Waals surface area contributed by atoms with Crippen molar-refractivity contribution in [2.75, 3.05) is 6.54 Å². The minimum Gasteiger partial charge on any atom is -0.303 e. The minimum atomic E-state index is 0.171. The van der Waals surface area contributed by atoms with Crippen LogP contribution in [0.5, 0.6) is 0 Å². The predicted molar refractivity (Wildman–Crippen MR) is 50.4 cm³/mol. The van der Waals surface area contributed by atoms with Gasteiger partial charge in [0.05, 0.1) is 6.04 Å². The van der Waals surface area contributed by atoms with Crippen LogP contribution in [0.2, 0.25) is 0 Å². The summed E-state index contributed by atoms with van der Waals surface area (Å²) in [5.74, 6) is 2.77. The Kier molecular flexibility index (Phi) is 4.22. The fourth-order valence-electron chi connectivity index (χ4n) is 0.904. The maximum atomic E-state index is 5.39. The van der Waals surface area contributed by atoms with Crippen LogP contribution in [-0.2, 0) is 0 Å². The average Bonchev–Trinajstić information content (AvgIpc) is 1.87. The number of terminal acetylenes is 1. The minimum absolute atomic E-state index is 0.171. The van der Waals surface area contributed by atoms with Gasteiger partial charge in [-0.1, -0.05) is 33.6 Å². The van der Waals surface area contributed by atoms with Gasteiger partial charge in [-0.3, -0.25) is 0 Å². The largest absolute Gasteiger partial charge is 0.303 e. The third-order valence-corrected chi connectivity index (χ3v) is 1.63. The summed E-state index contributed by atoms with van der Waals surface area (Å²) in [6.07, 6.45) is 6.52. The van der Waals surface area contributed by atoms with Crippen molar-refractivity contribution in [2.24, 2.45) is 5.41 Å². The lowest BCUT2D eigenvalue weighted by atomic mass is 9.87. The van der Waals surface area contributed by atoms with Gasteiger partial charge in [0.2, 0.25) is 0 Å². The van der Waals surface area contributed by atoms with Gasteiger partial charge in [0.25, 0.3) is 0 Å². The first-order valence-electron chi connectivity index (χ1n) is 4.22. The smallest absolute Gasteiger partial charge is 0.0735 e. The van der Waals surface area contributed by atoms with Gasteiger partial charge in [0.15, 0.2) is 0 Å². The van der Waals surface area contributed by atoms with E-state index in [2.05, 4.69) is 38.9 Å². The van der Waals surface area contributed by atoms with E-state index < -0.39 is 0 Å². The maximum absolute atomic E-state index is 5.39. The van der Waals surface area contributed by atoms with Crippen molar-refractivity contribution in [3.05, 3.63) is 0 Å². The molecule has 0 aliphatic rings. The summed E-state index contributed by atoms with van der Waals surface area (Å²) in [6, 6.07) is 0.197. The highest BCUT2D eigenvalue weighted by Crippen LogP contribution is 2.18. The van der Waals surface area contributed by atoms with Crippen molar-refractivity contribution in [1.82, 2.24) is 5.32 Å². The first-order valence-corrected chi connectivity index (χ1v) is 4.22. The molecule has 0 aliphatic carbocycles. The quantitative estimate of drug-likeness (QED) is 0.612. The summed E-state index contributed by atoms with van der Waals surface area (Å²) >= 11 is 0. The molecular weight excluding hydrogens is 134 g/mol. The fourth-order valence-corrected chi connectivity index (χ4v) is 0.904. The molecule has 0 aliphatic heterocycles. The van der Waals surface area contributed by atoms with E-state index in [9.17, 15) is 0 Å². The lowest BCUT2D eigenvalue weighted by Crippen LogP contribution is -2.39. The second-order valence-electron chi connectivity index (χ2n) is 3.92. The van der Waals surface area contributed by atoms with Crippen LogP contribution in [0.15, 0.2) is 0 Å². The highest BCUT2D eigenvalue weighted by molar-refractivity contribution is 5.04. The Balaban J connectivity index is 3.89. The molecule has 1 unspecified atom stereocenters. The molecule has 11 heavy (non-hydrogen) atoms. The molecule has 1 atom stereocenters. The van der Waals surface area contributed by atoms with Gasteiger partial charge in [-0.2, -0.15) is 0 Å². The van der Waals surface area contributed by atoms with Crippen LogP contribution >= 0.6 is 0 Å². The lowest BCUT2D eigenvalue weighted by Gasteiger charge is -2.26. The van der Waals surface area contributed by atoms with Crippen molar-refractivity contribution < 1.29 is 0 Å². The van der Waals surface area contributed by atoms with Crippen molar-refractivity contribution in [1.29, 1.82) is 0 Å². The molecular formula is C10H19N. The van der Waals surface area contributed by atoms with E-state index in [1.807, 2.05) is 0 Å². The first-order chi connectivity index (χ1) is 5.02. The van der Waals surface area contributed by atoms with E-state index >= 15 is 0 Å². The molecule has 64 valence electrons. The van der Waals surface area contributed by atoms with Crippen LogP contribution in [0, 0.1) is 17.8 Å². The summed E-state index contributed by atoms with van der Waals surface area (Å²) in [4.78, 5) is 0. The molecule has 0 aromatic rings. The zero-order valence-electron chi connectivity index (χ0n) is 8.07. The molecule has 0 bridgehead atoms. The fraction of sp³-hybridized carbons (Fsp3) is 0.800. The maximum Gasteiger partial charge on any atom is 0.0735 e. The molecule has 0 spiro atoms. The number of rotatable bonds is 3. The molecule has 1 nitrogen and oxygen atoms in total. The van der Waals surface area contributed by atoms with Crippen molar-refractivity contribution in [2.45, 2.75) is 40.2 Å². The van der Waals surface area contributed by atoms with Gasteiger partial charge in [0, 0.05) is 0 Å². The molecule has 0 saturated carbocycles. The van der Waals surface area contributed by atoms with Crippen LogP contribution < -0.4 is 5.32 Å². The monoisotopic (exact) mass is 153 g/mol. The Hall–Kier alpha value is -0.480. The zero-order chi connectivity index (χ0) is 8.91. The normalized spacial score (nSPS) is 14.1. The van der Waals surface area contributed by atoms with E-state index in [0.717, 1.165) is 13.0 Å². The van der Waals surface area contributed by atoms with Gasteiger partial charge in [-0.15, -0.1) is 6.42 Å². The Morgan fingerprint density at radius 1 is 1.45 bits per heavy atom. The Morgan fingerprint density at radius 3 is 2.27 bits per heavy atom. The molecule has 0 fully saturated rings. The van der Waals surface area contributed by atoms with Gasteiger partial charge in [-0.05, 0) is 18.4 Å². The van der Waals surface area contributed by atoms with E-state index in [4.69, 9.17) is 6.42 Å². The molecule has 0 aromatic heterocycles. The third kappa shape index (κ3) is 4.06.